The molecule has 0 aliphatic carbocycles. The summed E-state index contributed by atoms with van der Waals surface area (Å²) in [7, 11) is 0. The fourth-order valence-corrected chi connectivity index (χ4v) is 5.17. The van der Waals surface area contributed by atoms with Gasteiger partial charge in [-0.3, -0.25) is 10.1 Å². The molecule has 2 aromatic heterocycles. The van der Waals surface area contributed by atoms with Crippen LogP contribution in [0.5, 0.6) is 11.5 Å². The third-order valence-corrected chi connectivity index (χ3v) is 7.08. The molecule has 2 unspecified atom stereocenters. The minimum atomic E-state index is -4.62. The van der Waals surface area contributed by atoms with Crippen molar-refractivity contribution in [3.05, 3.63) is 41.4 Å². The topological polar surface area (TPSA) is 85.8 Å². The lowest BCUT2D eigenvalue weighted by Crippen LogP contribution is -2.65. The van der Waals surface area contributed by atoms with Crippen molar-refractivity contribution in [2.75, 3.05) is 24.8 Å². The lowest BCUT2D eigenvalue weighted by atomic mass is 9.82. The Morgan fingerprint density at radius 3 is 2.94 bits per heavy atom. The van der Waals surface area contributed by atoms with Crippen LogP contribution in [-0.2, 0) is 16.1 Å². The van der Waals surface area contributed by atoms with Crippen molar-refractivity contribution >= 4 is 33.5 Å². The van der Waals surface area contributed by atoms with Crippen molar-refractivity contribution in [2.45, 2.75) is 44.1 Å². The average molecular weight is 509 g/mol. The van der Waals surface area contributed by atoms with Gasteiger partial charge in [0.05, 0.1) is 6.61 Å². The Bertz CT molecular complexity index is 1240. The standard InChI is InChI=1S/C23H23F3N4O4S/c1-2-32-20(31)22(28-11-14-3-4-16-17(9-14)34-13-33-16)6-7-30(18(10-22)23(24,25)26)21-27-12-15-5-8-35-19(15)29-21/h3-5,8-9,12,18,28H,2,6-7,10-11,13H2,1H3. The summed E-state index contributed by atoms with van der Waals surface area (Å²) in [4.78, 5) is 23.3. The number of fused-ring (bicyclic) bond motifs is 2. The summed E-state index contributed by atoms with van der Waals surface area (Å²) in [5, 5.41) is 5.67. The molecule has 1 N–H and O–H groups in total. The lowest BCUT2D eigenvalue weighted by Gasteiger charge is -2.45. The Balaban J connectivity index is 1.43. The van der Waals surface area contributed by atoms with Gasteiger partial charge in [-0.05, 0) is 42.5 Å². The molecule has 2 atom stereocenters. The summed E-state index contributed by atoms with van der Waals surface area (Å²) in [6, 6.07) is 5.10. The van der Waals surface area contributed by atoms with Gasteiger partial charge in [0.2, 0.25) is 12.7 Å². The molecule has 8 nitrogen and oxygen atoms in total. The minimum absolute atomic E-state index is 0.00416. The van der Waals surface area contributed by atoms with E-state index >= 15 is 0 Å². The monoisotopic (exact) mass is 508 g/mol. The second kappa shape index (κ2) is 9.15. The Labute approximate surface area is 203 Å². The van der Waals surface area contributed by atoms with Crippen molar-refractivity contribution in [3.63, 3.8) is 0 Å². The zero-order valence-corrected chi connectivity index (χ0v) is 19.6. The SMILES string of the molecule is CCOC(=O)C1(NCc2ccc3c(c2)OCO3)CCN(c2ncc3ccsc3n2)C(C(F)(F)F)C1. The summed E-state index contributed by atoms with van der Waals surface area (Å²) >= 11 is 1.33. The first-order chi connectivity index (χ1) is 16.8. The van der Waals surface area contributed by atoms with Gasteiger partial charge in [-0.25, -0.2) is 9.97 Å². The number of hydrogen-bond donors (Lipinski definition) is 1. The average Bonchev–Trinajstić information content (AvgIpc) is 3.50. The number of nitrogens with zero attached hydrogens (tertiary/aromatic N) is 3. The first-order valence-electron chi connectivity index (χ1n) is 11.1. The molecule has 2 aliphatic rings. The Morgan fingerprint density at radius 2 is 2.14 bits per heavy atom. The van der Waals surface area contributed by atoms with Gasteiger partial charge in [-0.15, -0.1) is 11.3 Å². The van der Waals surface area contributed by atoms with Crippen molar-refractivity contribution in [3.8, 4) is 11.5 Å². The summed E-state index contributed by atoms with van der Waals surface area (Å²) < 4.78 is 58.9. The minimum Gasteiger partial charge on any atom is -0.465 e. The quantitative estimate of drug-likeness (QED) is 0.500. The fraction of sp³-hybridized carbons (Fsp3) is 0.435. The van der Waals surface area contributed by atoms with E-state index in [1.165, 1.54) is 17.5 Å². The Morgan fingerprint density at radius 1 is 1.31 bits per heavy atom. The van der Waals surface area contributed by atoms with E-state index in [-0.39, 0.29) is 38.9 Å². The maximum absolute atomic E-state index is 14.3. The normalized spacial score (nSPS) is 21.9. The predicted molar refractivity (Wildman–Crippen MR) is 123 cm³/mol. The zero-order chi connectivity index (χ0) is 24.6. The number of benzene rings is 1. The highest BCUT2D eigenvalue weighted by Gasteiger charge is 2.55. The molecule has 186 valence electrons. The van der Waals surface area contributed by atoms with Crippen LogP contribution in [0.25, 0.3) is 10.2 Å². The predicted octanol–water partition coefficient (Wildman–Crippen LogP) is 4.04. The first kappa shape index (κ1) is 23.6. The summed E-state index contributed by atoms with van der Waals surface area (Å²) in [5.74, 6) is 0.445. The van der Waals surface area contributed by atoms with Crippen LogP contribution in [0.15, 0.2) is 35.8 Å². The maximum Gasteiger partial charge on any atom is 0.408 e. The number of piperidine rings is 1. The molecule has 12 heteroatoms. The van der Waals surface area contributed by atoms with Gasteiger partial charge in [0.15, 0.2) is 11.5 Å². The number of thiophene rings is 1. The second-order valence-electron chi connectivity index (χ2n) is 8.40. The molecule has 4 heterocycles. The summed E-state index contributed by atoms with van der Waals surface area (Å²) in [6.07, 6.45) is -3.54. The molecule has 5 rings (SSSR count). The van der Waals surface area contributed by atoms with Gasteiger partial charge in [0.1, 0.15) is 16.4 Å². The number of esters is 1. The molecular formula is C23H23F3N4O4S. The maximum atomic E-state index is 14.3. The van der Waals surface area contributed by atoms with Crippen LogP contribution in [-0.4, -0.2) is 53.6 Å². The molecule has 2 aliphatic heterocycles. The molecule has 0 bridgehead atoms. The fourth-order valence-electron chi connectivity index (χ4n) is 4.44. The molecule has 1 aromatic carbocycles. The molecule has 1 saturated heterocycles. The number of halogens is 3. The van der Waals surface area contributed by atoms with E-state index in [4.69, 9.17) is 14.2 Å². The van der Waals surface area contributed by atoms with E-state index in [9.17, 15) is 18.0 Å². The molecule has 1 fully saturated rings. The van der Waals surface area contributed by atoms with Crippen LogP contribution in [0.4, 0.5) is 19.1 Å². The van der Waals surface area contributed by atoms with Crippen molar-refractivity contribution < 1.29 is 32.2 Å². The van der Waals surface area contributed by atoms with E-state index in [2.05, 4.69) is 15.3 Å². The summed E-state index contributed by atoms with van der Waals surface area (Å²) in [6.45, 7) is 1.88. The highest BCUT2D eigenvalue weighted by Crippen LogP contribution is 2.40. The number of carbonyl (C=O) groups is 1. The lowest BCUT2D eigenvalue weighted by molar-refractivity contribution is -0.169. The molecule has 3 aromatic rings. The van der Waals surface area contributed by atoms with E-state index in [0.717, 1.165) is 15.8 Å². The van der Waals surface area contributed by atoms with E-state index in [0.29, 0.717) is 16.3 Å². The van der Waals surface area contributed by atoms with Crippen LogP contribution in [0.2, 0.25) is 0 Å². The first-order valence-corrected chi connectivity index (χ1v) is 12.0. The van der Waals surface area contributed by atoms with E-state index < -0.39 is 30.1 Å². The van der Waals surface area contributed by atoms with Crippen molar-refractivity contribution in [2.24, 2.45) is 0 Å². The van der Waals surface area contributed by atoms with Gasteiger partial charge in [0, 0.05) is 31.1 Å². The number of anilines is 1. The van der Waals surface area contributed by atoms with Crippen molar-refractivity contribution in [1.29, 1.82) is 0 Å². The molecule has 0 saturated carbocycles. The van der Waals surface area contributed by atoms with Gasteiger partial charge >= 0.3 is 12.1 Å². The Hall–Kier alpha value is -3.12. The number of aromatic nitrogens is 2. The smallest absolute Gasteiger partial charge is 0.408 e. The highest BCUT2D eigenvalue weighted by molar-refractivity contribution is 7.16. The number of carbonyl (C=O) groups excluding carboxylic acids is 1. The number of rotatable bonds is 6. The number of hydrogen-bond acceptors (Lipinski definition) is 9. The van der Waals surface area contributed by atoms with E-state index in [1.807, 2.05) is 11.4 Å². The van der Waals surface area contributed by atoms with E-state index in [1.54, 1.807) is 25.1 Å². The van der Waals surface area contributed by atoms with Gasteiger partial charge in [0.25, 0.3) is 0 Å². The van der Waals surface area contributed by atoms with Crippen LogP contribution in [0.3, 0.4) is 0 Å². The zero-order valence-electron chi connectivity index (χ0n) is 18.8. The highest BCUT2D eigenvalue weighted by atomic mass is 32.1. The second-order valence-corrected chi connectivity index (χ2v) is 9.29. The van der Waals surface area contributed by atoms with Gasteiger partial charge in [-0.2, -0.15) is 13.2 Å². The molecule has 0 amide bonds. The molecular weight excluding hydrogens is 485 g/mol. The third kappa shape index (κ3) is 4.59. The number of nitrogens with one attached hydrogen (secondary N) is 1. The molecule has 0 spiro atoms. The van der Waals surface area contributed by atoms with Crippen LogP contribution in [0, 0.1) is 0 Å². The number of alkyl halides is 3. The van der Waals surface area contributed by atoms with Crippen LogP contribution >= 0.6 is 11.3 Å². The van der Waals surface area contributed by atoms with Crippen LogP contribution in [0.1, 0.15) is 25.3 Å². The van der Waals surface area contributed by atoms with Gasteiger partial charge in [-0.1, -0.05) is 6.07 Å². The largest absolute Gasteiger partial charge is 0.465 e. The summed E-state index contributed by atoms with van der Waals surface area (Å²) in [5.41, 5.74) is -0.786. The van der Waals surface area contributed by atoms with Crippen LogP contribution < -0.4 is 19.7 Å². The Kier molecular flexibility index (Phi) is 6.18. The molecule has 0 radical (unpaired) electrons. The molecule has 35 heavy (non-hydrogen) atoms. The number of ether oxygens (including phenoxy) is 3. The van der Waals surface area contributed by atoms with Crippen molar-refractivity contribution in [1.82, 2.24) is 15.3 Å². The van der Waals surface area contributed by atoms with Gasteiger partial charge < -0.3 is 19.1 Å². The third-order valence-electron chi connectivity index (χ3n) is 6.26.